The third kappa shape index (κ3) is 2.32. The molecule has 1 aliphatic heterocycles. The summed E-state index contributed by atoms with van der Waals surface area (Å²) in [6.07, 6.45) is 1.96. The lowest BCUT2D eigenvalue weighted by molar-refractivity contribution is -0.125. The molecule has 1 amide bonds. The lowest BCUT2D eigenvalue weighted by Gasteiger charge is -2.32. The molecule has 82 valence electrons. The maximum Gasteiger partial charge on any atom is 0.233 e. The van der Waals surface area contributed by atoms with Crippen molar-refractivity contribution in [3.8, 4) is 0 Å². The van der Waals surface area contributed by atoms with Crippen LogP contribution in [0.5, 0.6) is 0 Å². The van der Waals surface area contributed by atoms with Gasteiger partial charge in [0.15, 0.2) is 0 Å². The largest absolute Gasteiger partial charge is 0.316 e. The minimum Gasteiger partial charge on any atom is -0.316 e. The molecule has 2 heterocycles. The predicted octanol–water partition coefficient (Wildman–Crippen LogP) is 0.866. The van der Waals surface area contributed by atoms with Crippen LogP contribution in [0.15, 0.2) is 5.51 Å². The molecule has 2 N–H and O–H groups in total. The summed E-state index contributed by atoms with van der Waals surface area (Å²) in [7, 11) is 0. The molecule has 5 nitrogen and oxygen atoms in total. The number of aromatic nitrogens is 2. The van der Waals surface area contributed by atoms with Gasteiger partial charge in [0.1, 0.15) is 5.51 Å². The summed E-state index contributed by atoms with van der Waals surface area (Å²) >= 11 is 1.34. The molecule has 2 rings (SSSR count). The van der Waals surface area contributed by atoms with Crippen LogP contribution >= 0.6 is 11.3 Å². The molecule has 0 saturated carbocycles. The van der Waals surface area contributed by atoms with Crippen molar-refractivity contribution in [3.05, 3.63) is 5.51 Å². The van der Waals surface area contributed by atoms with Gasteiger partial charge in [0.25, 0.3) is 0 Å². The van der Waals surface area contributed by atoms with E-state index in [2.05, 4.69) is 20.8 Å². The van der Waals surface area contributed by atoms with Crippen molar-refractivity contribution < 1.29 is 4.79 Å². The zero-order valence-corrected chi connectivity index (χ0v) is 9.43. The number of rotatable bonds is 2. The highest BCUT2D eigenvalue weighted by molar-refractivity contribution is 7.13. The van der Waals surface area contributed by atoms with E-state index in [1.807, 2.05) is 6.92 Å². The van der Waals surface area contributed by atoms with Gasteiger partial charge in [-0.1, -0.05) is 11.3 Å². The SMILES string of the molecule is CC1(C(=O)Nc2nncs2)CCCNC1. The van der Waals surface area contributed by atoms with Gasteiger partial charge in [0.05, 0.1) is 5.41 Å². The molecule has 1 unspecified atom stereocenters. The average Bonchev–Trinajstić information content (AvgIpc) is 2.71. The summed E-state index contributed by atoms with van der Waals surface area (Å²) < 4.78 is 0. The molecule has 15 heavy (non-hydrogen) atoms. The van der Waals surface area contributed by atoms with Crippen LogP contribution in [0.3, 0.4) is 0 Å². The van der Waals surface area contributed by atoms with Crippen molar-refractivity contribution in [1.82, 2.24) is 15.5 Å². The van der Waals surface area contributed by atoms with Crippen LogP contribution in [0, 0.1) is 5.41 Å². The number of carbonyl (C=O) groups is 1. The maximum atomic E-state index is 12.0. The van der Waals surface area contributed by atoms with Gasteiger partial charge >= 0.3 is 0 Å². The topological polar surface area (TPSA) is 66.9 Å². The van der Waals surface area contributed by atoms with E-state index in [4.69, 9.17) is 0 Å². The molecule has 0 aliphatic carbocycles. The lowest BCUT2D eigenvalue weighted by Crippen LogP contribution is -2.46. The first-order valence-corrected chi connectivity index (χ1v) is 5.87. The highest BCUT2D eigenvalue weighted by Gasteiger charge is 2.34. The molecule has 0 radical (unpaired) electrons. The standard InChI is InChI=1S/C9H14N4OS/c1-9(3-2-4-10-5-9)7(14)12-8-13-11-6-15-8/h6,10H,2-5H2,1H3,(H,12,13,14). The van der Waals surface area contributed by atoms with Crippen LogP contribution < -0.4 is 10.6 Å². The van der Waals surface area contributed by atoms with Crippen molar-refractivity contribution >= 4 is 22.4 Å². The van der Waals surface area contributed by atoms with Crippen molar-refractivity contribution in [3.63, 3.8) is 0 Å². The first kappa shape index (κ1) is 10.5. The lowest BCUT2D eigenvalue weighted by atomic mass is 9.82. The zero-order valence-electron chi connectivity index (χ0n) is 8.62. The van der Waals surface area contributed by atoms with Gasteiger partial charge in [0, 0.05) is 6.54 Å². The highest BCUT2D eigenvalue weighted by Crippen LogP contribution is 2.27. The number of hydrogen-bond acceptors (Lipinski definition) is 5. The summed E-state index contributed by atoms with van der Waals surface area (Å²) in [5.74, 6) is 0.0338. The van der Waals surface area contributed by atoms with E-state index in [0.29, 0.717) is 5.13 Å². The molecule has 1 aliphatic rings. The molecule has 1 saturated heterocycles. The van der Waals surface area contributed by atoms with E-state index >= 15 is 0 Å². The molecule has 1 fully saturated rings. The van der Waals surface area contributed by atoms with Crippen LogP contribution in [0.1, 0.15) is 19.8 Å². The average molecular weight is 226 g/mol. The smallest absolute Gasteiger partial charge is 0.233 e. The van der Waals surface area contributed by atoms with E-state index in [1.165, 1.54) is 11.3 Å². The van der Waals surface area contributed by atoms with Gasteiger partial charge in [-0.3, -0.25) is 4.79 Å². The second-order valence-corrected chi connectivity index (χ2v) is 4.87. The molecule has 6 heteroatoms. The van der Waals surface area contributed by atoms with E-state index < -0.39 is 0 Å². The minimum absolute atomic E-state index is 0.0338. The van der Waals surface area contributed by atoms with Crippen molar-refractivity contribution in [2.75, 3.05) is 18.4 Å². The Morgan fingerprint density at radius 2 is 2.60 bits per heavy atom. The van der Waals surface area contributed by atoms with Crippen molar-refractivity contribution in [2.45, 2.75) is 19.8 Å². The van der Waals surface area contributed by atoms with E-state index in [9.17, 15) is 4.79 Å². The summed E-state index contributed by atoms with van der Waals surface area (Å²) in [6, 6.07) is 0. The fraction of sp³-hybridized carbons (Fsp3) is 0.667. The second-order valence-electron chi connectivity index (χ2n) is 4.04. The summed E-state index contributed by atoms with van der Waals surface area (Å²) in [5.41, 5.74) is 1.29. The molecular formula is C9H14N4OS. The molecule has 0 aromatic carbocycles. The first-order valence-electron chi connectivity index (χ1n) is 4.99. The van der Waals surface area contributed by atoms with Gasteiger partial charge in [-0.15, -0.1) is 10.2 Å². The first-order chi connectivity index (χ1) is 7.21. The van der Waals surface area contributed by atoms with Crippen LogP contribution in [0.4, 0.5) is 5.13 Å². The fourth-order valence-corrected chi connectivity index (χ4v) is 2.17. The molecule has 1 aromatic rings. The number of carbonyl (C=O) groups excluding carboxylic acids is 1. The number of hydrogen-bond donors (Lipinski definition) is 2. The highest BCUT2D eigenvalue weighted by atomic mass is 32.1. The Bertz CT molecular complexity index is 332. The van der Waals surface area contributed by atoms with Crippen LogP contribution in [-0.4, -0.2) is 29.2 Å². The van der Waals surface area contributed by atoms with Gasteiger partial charge in [-0.2, -0.15) is 0 Å². The number of nitrogens with zero attached hydrogens (tertiary/aromatic N) is 2. The Labute approximate surface area is 92.3 Å². The Morgan fingerprint density at radius 3 is 3.20 bits per heavy atom. The molecule has 0 bridgehead atoms. The number of nitrogens with one attached hydrogen (secondary N) is 2. The zero-order chi connectivity index (χ0) is 10.7. The van der Waals surface area contributed by atoms with Gasteiger partial charge < -0.3 is 10.6 Å². The summed E-state index contributed by atoms with van der Waals surface area (Å²) in [4.78, 5) is 12.0. The Hall–Kier alpha value is -1.01. The minimum atomic E-state index is -0.316. The molecule has 0 spiro atoms. The maximum absolute atomic E-state index is 12.0. The van der Waals surface area contributed by atoms with Crippen LogP contribution in [0.2, 0.25) is 0 Å². The van der Waals surface area contributed by atoms with Crippen LogP contribution in [0.25, 0.3) is 0 Å². The third-order valence-electron chi connectivity index (χ3n) is 2.73. The molecular weight excluding hydrogens is 212 g/mol. The van der Waals surface area contributed by atoms with E-state index in [1.54, 1.807) is 5.51 Å². The number of amides is 1. The number of piperidine rings is 1. The Morgan fingerprint density at radius 1 is 1.73 bits per heavy atom. The Balaban J connectivity index is 2.00. The Kier molecular flexibility index (Phi) is 2.97. The third-order valence-corrected chi connectivity index (χ3v) is 3.33. The number of anilines is 1. The predicted molar refractivity (Wildman–Crippen MR) is 58.7 cm³/mol. The molecule has 1 atom stereocenters. The van der Waals surface area contributed by atoms with Crippen molar-refractivity contribution in [1.29, 1.82) is 0 Å². The normalized spacial score (nSPS) is 26.2. The van der Waals surface area contributed by atoms with E-state index in [0.717, 1.165) is 25.9 Å². The van der Waals surface area contributed by atoms with Gasteiger partial charge in [-0.25, -0.2) is 0 Å². The fourth-order valence-electron chi connectivity index (χ4n) is 1.73. The molecule has 1 aromatic heterocycles. The van der Waals surface area contributed by atoms with Crippen molar-refractivity contribution in [2.24, 2.45) is 5.41 Å². The monoisotopic (exact) mass is 226 g/mol. The van der Waals surface area contributed by atoms with E-state index in [-0.39, 0.29) is 11.3 Å². The van der Waals surface area contributed by atoms with Gasteiger partial charge in [0.2, 0.25) is 11.0 Å². The summed E-state index contributed by atoms with van der Waals surface area (Å²) in [6.45, 7) is 3.72. The second kappa shape index (κ2) is 4.24. The quantitative estimate of drug-likeness (QED) is 0.785. The summed E-state index contributed by atoms with van der Waals surface area (Å²) in [5, 5.41) is 14.1. The van der Waals surface area contributed by atoms with Gasteiger partial charge in [-0.05, 0) is 26.3 Å². The van der Waals surface area contributed by atoms with Crippen LogP contribution in [-0.2, 0) is 4.79 Å².